The highest BCUT2D eigenvalue weighted by Gasteiger charge is 2.24. The van der Waals surface area contributed by atoms with E-state index in [4.69, 9.17) is 4.74 Å². The van der Waals surface area contributed by atoms with Crippen molar-refractivity contribution in [3.63, 3.8) is 0 Å². The van der Waals surface area contributed by atoms with Gasteiger partial charge in [-0.25, -0.2) is 4.39 Å². The Morgan fingerprint density at radius 1 is 1.42 bits per heavy atom. The zero-order valence-electron chi connectivity index (χ0n) is 14.0. The quantitative estimate of drug-likeness (QED) is 0.813. The van der Waals surface area contributed by atoms with Gasteiger partial charge in [-0.3, -0.25) is 4.79 Å². The maximum Gasteiger partial charge on any atom is 0.254 e. The molecule has 1 atom stereocenters. The molecule has 24 heavy (non-hydrogen) atoms. The van der Waals surface area contributed by atoms with E-state index in [1.807, 2.05) is 5.38 Å². The van der Waals surface area contributed by atoms with E-state index in [2.05, 4.69) is 6.92 Å². The van der Waals surface area contributed by atoms with Crippen LogP contribution in [0.25, 0.3) is 0 Å². The first kappa shape index (κ1) is 17.0. The summed E-state index contributed by atoms with van der Waals surface area (Å²) in [6.07, 6.45) is 3.21. The molecular formula is C19H22FNO2S. The Morgan fingerprint density at radius 2 is 2.21 bits per heavy atom. The van der Waals surface area contributed by atoms with Gasteiger partial charge < -0.3 is 9.64 Å². The number of carbonyl (C=O) groups excluding carboxylic acids is 1. The molecule has 1 aliphatic rings. The molecule has 0 fully saturated rings. The number of benzene rings is 1. The minimum Gasteiger partial charge on any atom is -0.489 e. The van der Waals surface area contributed by atoms with Gasteiger partial charge in [-0.05, 0) is 42.9 Å². The summed E-state index contributed by atoms with van der Waals surface area (Å²) in [4.78, 5) is 15.7. The van der Waals surface area contributed by atoms with Crippen molar-refractivity contribution in [2.75, 3.05) is 20.2 Å². The van der Waals surface area contributed by atoms with Crippen LogP contribution in [0, 0.1) is 11.7 Å². The maximum atomic E-state index is 13.5. The molecule has 1 aromatic heterocycles. The number of amides is 1. The monoisotopic (exact) mass is 347 g/mol. The van der Waals surface area contributed by atoms with E-state index in [0.717, 1.165) is 24.8 Å². The number of para-hydroxylation sites is 1. The molecule has 0 aliphatic heterocycles. The second kappa shape index (κ2) is 7.34. The molecule has 1 amide bonds. The van der Waals surface area contributed by atoms with Gasteiger partial charge in [-0.2, -0.15) is 0 Å². The van der Waals surface area contributed by atoms with Crippen LogP contribution < -0.4 is 4.74 Å². The predicted molar refractivity (Wildman–Crippen MR) is 94.4 cm³/mol. The van der Waals surface area contributed by atoms with Crippen molar-refractivity contribution in [1.29, 1.82) is 0 Å². The Morgan fingerprint density at radius 3 is 3.00 bits per heavy atom. The lowest BCUT2D eigenvalue weighted by atomic mass is 9.88. The van der Waals surface area contributed by atoms with Crippen LogP contribution in [0.15, 0.2) is 29.6 Å². The van der Waals surface area contributed by atoms with Gasteiger partial charge >= 0.3 is 0 Å². The molecule has 1 heterocycles. The molecule has 5 heteroatoms. The smallest absolute Gasteiger partial charge is 0.254 e. The lowest BCUT2D eigenvalue weighted by Crippen LogP contribution is -2.31. The lowest BCUT2D eigenvalue weighted by molar-refractivity contribution is 0.0772. The van der Waals surface area contributed by atoms with E-state index < -0.39 is 0 Å². The molecule has 1 aromatic carbocycles. The van der Waals surface area contributed by atoms with Gasteiger partial charge in [-0.1, -0.05) is 19.1 Å². The van der Waals surface area contributed by atoms with Gasteiger partial charge in [0.25, 0.3) is 5.91 Å². The number of rotatable bonds is 5. The molecule has 0 N–H and O–H groups in total. The summed E-state index contributed by atoms with van der Waals surface area (Å²) < 4.78 is 18.9. The standard InChI is InChI=1S/C19H22FNO2S/c1-13-7-8-14-15(12-24-18(14)11-13)19(22)21(2)9-10-23-17-6-4-3-5-16(17)20/h3-6,12-13H,7-11H2,1-2H3. The SMILES string of the molecule is CC1CCc2c(C(=O)N(C)CCOc3ccccc3F)csc2C1. The summed E-state index contributed by atoms with van der Waals surface area (Å²) in [6, 6.07) is 6.31. The largest absolute Gasteiger partial charge is 0.489 e. The second-order valence-electron chi connectivity index (χ2n) is 6.40. The highest BCUT2D eigenvalue weighted by molar-refractivity contribution is 7.10. The van der Waals surface area contributed by atoms with Crippen LogP contribution >= 0.6 is 11.3 Å². The van der Waals surface area contributed by atoms with Crippen molar-refractivity contribution in [2.24, 2.45) is 5.92 Å². The molecule has 128 valence electrons. The van der Waals surface area contributed by atoms with Gasteiger partial charge in [0, 0.05) is 17.3 Å². The maximum absolute atomic E-state index is 13.5. The van der Waals surface area contributed by atoms with Crippen molar-refractivity contribution >= 4 is 17.2 Å². The summed E-state index contributed by atoms with van der Waals surface area (Å²) in [7, 11) is 1.77. The second-order valence-corrected chi connectivity index (χ2v) is 7.37. The number of thiophene rings is 1. The topological polar surface area (TPSA) is 29.5 Å². The molecule has 1 aliphatic carbocycles. The van der Waals surface area contributed by atoms with E-state index in [1.54, 1.807) is 41.5 Å². The Balaban J connectivity index is 1.58. The minimum absolute atomic E-state index is 0.0270. The predicted octanol–water partition coefficient (Wildman–Crippen LogP) is 4.16. The number of hydrogen-bond acceptors (Lipinski definition) is 3. The molecule has 0 spiro atoms. The summed E-state index contributed by atoms with van der Waals surface area (Å²) in [6.45, 7) is 2.96. The fourth-order valence-electron chi connectivity index (χ4n) is 3.02. The normalized spacial score (nSPS) is 16.5. The highest BCUT2D eigenvalue weighted by Crippen LogP contribution is 2.33. The zero-order valence-corrected chi connectivity index (χ0v) is 14.9. The average molecular weight is 347 g/mol. The molecule has 3 nitrogen and oxygen atoms in total. The average Bonchev–Trinajstić information content (AvgIpc) is 2.98. The zero-order chi connectivity index (χ0) is 17.1. The van der Waals surface area contributed by atoms with Crippen LogP contribution in [-0.2, 0) is 12.8 Å². The number of ether oxygens (including phenoxy) is 1. The van der Waals surface area contributed by atoms with Crippen molar-refractivity contribution in [3.8, 4) is 5.75 Å². The molecule has 3 rings (SSSR count). The fraction of sp³-hybridized carbons (Fsp3) is 0.421. The van der Waals surface area contributed by atoms with Crippen molar-refractivity contribution < 1.29 is 13.9 Å². The molecular weight excluding hydrogens is 325 g/mol. The van der Waals surface area contributed by atoms with E-state index in [0.29, 0.717) is 12.5 Å². The van der Waals surface area contributed by atoms with Crippen LogP contribution in [0.2, 0.25) is 0 Å². The van der Waals surface area contributed by atoms with Crippen LogP contribution in [0.1, 0.15) is 34.1 Å². The minimum atomic E-state index is -0.382. The summed E-state index contributed by atoms with van der Waals surface area (Å²) in [5.74, 6) is 0.568. The molecule has 2 aromatic rings. The Labute approximate surface area is 146 Å². The van der Waals surface area contributed by atoms with Crippen LogP contribution in [0.5, 0.6) is 5.75 Å². The third kappa shape index (κ3) is 3.61. The first-order chi connectivity index (χ1) is 11.6. The molecule has 0 saturated carbocycles. The number of carbonyl (C=O) groups is 1. The first-order valence-corrected chi connectivity index (χ1v) is 9.16. The number of halogens is 1. The summed E-state index contributed by atoms with van der Waals surface area (Å²) in [5.41, 5.74) is 2.06. The van der Waals surface area contributed by atoms with Gasteiger partial charge in [0.1, 0.15) is 6.61 Å². The van der Waals surface area contributed by atoms with E-state index in [-0.39, 0.29) is 24.1 Å². The number of hydrogen-bond donors (Lipinski definition) is 0. The van der Waals surface area contributed by atoms with Gasteiger partial charge in [0.2, 0.25) is 0 Å². The van der Waals surface area contributed by atoms with Crippen molar-refractivity contribution in [2.45, 2.75) is 26.2 Å². The van der Waals surface area contributed by atoms with Gasteiger partial charge in [0.05, 0.1) is 12.1 Å². The molecule has 0 saturated heterocycles. The number of likely N-dealkylation sites (N-methyl/N-ethyl adjacent to an activating group) is 1. The number of fused-ring (bicyclic) bond motifs is 1. The number of nitrogens with zero attached hydrogens (tertiary/aromatic N) is 1. The van der Waals surface area contributed by atoms with Crippen LogP contribution in [0.4, 0.5) is 4.39 Å². The first-order valence-electron chi connectivity index (χ1n) is 8.28. The van der Waals surface area contributed by atoms with Crippen molar-refractivity contribution in [3.05, 3.63) is 51.5 Å². The molecule has 0 radical (unpaired) electrons. The fourth-order valence-corrected chi connectivity index (χ4v) is 4.26. The van der Waals surface area contributed by atoms with Crippen molar-refractivity contribution in [1.82, 2.24) is 4.90 Å². The summed E-state index contributed by atoms with van der Waals surface area (Å²) >= 11 is 1.70. The van der Waals surface area contributed by atoms with E-state index in [9.17, 15) is 9.18 Å². The third-order valence-electron chi connectivity index (χ3n) is 4.50. The van der Waals surface area contributed by atoms with E-state index in [1.165, 1.54) is 16.5 Å². The Hall–Kier alpha value is -1.88. The third-order valence-corrected chi connectivity index (χ3v) is 5.55. The van der Waals surface area contributed by atoms with Crippen LogP contribution in [-0.4, -0.2) is 31.0 Å². The molecule has 1 unspecified atom stereocenters. The van der Waals surface area contributed by atoms with E-state index >= 15 is 0 Å². The molecule has 0 bridgehead atoms. The Kier molecular flexibility index (Phi) is 5.19. The van der Waals surface area contributed by atoms with Gasteiger partial charge in [-0.15, -0.1) is 11.3 Å². The Bertz CT molecular complexity index is 728. The lowest BCUT2D eigenvalue weighted by Gasteiger charge is -2.21. The van der Waals surface area contributed by atoms with Gasteiger partial charge in [0.15, 0.2) is 11.6 Å². The van der Waals surface area contributed by atoms with Crippen LogP contribution in [0.3, 0.4) is 0 Å². The highest BCUT2D eigenvalue weighted by atomic mass is 32.1. The summed E-state index contributed by atoms with van der Waals surface area (Å²) in [5, 5.41) is 1.99.